The van der Waals surface area contributed by atoms with Gasteiger partial charge in [0.2, 0.25) is 0 Å². The van der Waals surface area contributed by atoms with Crippen LogP contribution in [0.25, 0.3) is 0 Å². The number of esters is 1. The maximum atomic E-state index is 11.9. The van der Waals surface area contributed by atoms with E-state index in [0.717, 1.165) is 25.7 Å². The van der Waals surface area contributed by atoms with Gasteiger partial charge in [0.25, 0.3) is 0 Å². The van der Waals surface area contributed by atoms with Gasteiger partial charge in [0.15, 0.2) is 0 Å². The number of unbranched alkanes of at least 4 members (excludes halogenated alkanes) is 16. The van der Waals surface area contributed by atoms with Crippen molar-refractivity contribution in [1.82, 2.24) is 0 Å². The zero-order valence-corrected chi connectivity index (χ0v) is 21.5. The highest BCUT2D eigenvalue weighted by molar-refractivity contribution is 5.79. The van der Waals surface area contributed by atoms with Crippen LogP contribution in [0.4, 0.5) is 0 Å². The van der Waals surface area contributed by atoms with Gasteiger partial charge < -0.3 is 9.84 Å². The van der Waals surface area contributed by atoms with Crippen molar-refractivity contribution in [1.29, 1.82) is 0 Å². The van der Waals surface area contributed by atoms with Crippen LogP contribution in [0, 0.1) is 5.92 Å². The van der Waals surface area contributed by atoms with E-state index in [1.165, 1.54) is 96.0 Å². The molecule has 0 fully saturated rings. The Kier molecular flexibility index (Phi) is 23.9. The maximum absolute atomic E-state index is 11.9. The summed E-state index contributed by atoms with van der Waals surface area (Å²) in [5.74, 6) is -1.93. The number of hydrogen-bond donors (Lipinski definition) is 1. The predicted molar refractivity (Wildman–Crippen MR) is 139 cm³/mol. The van der Waals surface area contributed by atoms with Crippen LogP contribution in [0.2, 0.25) is 0 Å². The fraction of sp³-hybridized carbons (Fsp3) is 0.793. The summed E-state index contributed by atoms with van der Waals surface area (Å²) in [4.78, 5) is 22.9. The second-order valence-electron chi connectivity index (χ2n) is 9.35. The Labute approximate surface area is 204 Å². The minimum absolute atomic E-state index is 0.136. The average Bonchev–Trinajstić information content (AvgIpc) is 2.80. The molecule has 0 aromatic rings. The zero-order valence-electron chi connectivity index (χ0n) is 21.5. The number of aliphatic carboxylic acids is 1. The molecule has 0 aromatic carbocycles. The molecule has 0 spiro atoms. The van der Waals surface area contributed by atoms with Crippen molar-refractivity contribution in [3.05, 3.63) is 24.8 Å². The molecule has 0 amide bonds. The number of carbonyl (C=O) groups excluding carboxylic acids is 1. The molecular weight excluding hydrogens is 412 g/mol. The van der Waals surface area contributed by atoms with Crippen LogP contribution in [0.5, 0.6) is 0 Å². The number of carboxylic acid groups (broad SMARTS) is 1. The van der Waals surface area contributed by atoms with E-state index < -0.39 is 17.9 Å². The molecule has 0 bridgehead atoms. The van der Waals surface area contributed by atoms with Crippen molar-refractivity contribution in [2.24, 2.45) is 5.92 Å². The number of rotatable bonds is 25. The lowest BCUT2D eigenvalue weighted by atomic mass is 9.98. The first-order valence-electron chi connectivity index (χ1n) is 13.8. The minimum atomic E-state index is -0.955. The molecule has 1 N–H and O–H groups in total. The molecule has 0 radical (unpaired) electrons. The average molecular weight is 465 g/mol. The van der Waals surface area contributed by atoms with E-state index in [1.807, 2.05) is 0 Å². The number of allylic oxidation sites excluding steroid dienone is 2. The molecule has 4 heteroatoms. The second-order valence-corrected chi connectivity index (χ2v) is 9.35. The molecule has 0 saturated heterocycles. The van der Waals surface area contributed by atoms with Gasteiger partial charge in [-0.1, -0.05) is 122 Å². The maximum Gasteiger partial charge on any atom is 0.309 e. The summed E-state index contributed by atoms with van der Waals surface area (Å²) in [5.41, 5.74) is 0. The highest BCUT2D eigenvalue weighted by atomic mass is 16.5. The summed E-state index contributed by atoms with van der Waals surface area (Å²) in [6, 6.07) is 0. The van der Waals surface area contributed by atoms with Crippen LogP contribution in [-0.4, -0.2) is 23.7 Å². The molecule has 4 nitrogen and oxygen atoms in total. The van der Waals surface area contributed by atoms with Gasteiger partial charge >= 0.3 is 11.9 Å². The van der Waals surface area contributed by atoms with E-state index >= 15 is 0 Å². The van der Waals surface area contributed by atoms with Crippen LogP contribution < -0.4 is 0 Å². The van der Waals surface area contributed by atoms with Crippen LogP contribution in [-0.2, 0) is 14.3 Å². The van der Waals surface area contributed by atoms with Gasteiger partial charge in [-0.3, -0.25) is 9.59 Å². The third-order valence-corrected chi connectivity index (χ3v) is 6.16. The summed E-state index contributed by atoms with van der Waals surface area (Å²) in [6.07, 6.45) is 29.8. The van der Waals surface area contributed by atoms with Crippen LogP contribution >= 0.6 is 0 Å². The third-order valence-electron chi connectivity index (χ3n) is 6.16. The summed E-state index contributed by atoms with van der Waals surface area (Å²) in [7, 11) is 0. The molecular formula is C29H52O4. The van der Waals surface area contributed by atoms with Gasteiger partial charge in [-0.05, 0) is 32.1 Å². The third kappa shape index (κ3) is 23.4. The Morgan fingerprint density at radius 3 is 1.67 bits per heavy atom. The lowest BCUT2D eigenvalue weighted by Gasteiger charge is -2.13. The lowest BCUT2D eigenvalue weighted by Crippen LogP contribution is -2.21. The molecule has 192 valence electrons. The largest absolute Gasteiger partial charge is 0.481 e. The van der Waals surface area contributed by atoms with Crippen molar-refractivity contribution in [3.63, 3.8) is 0 Å². The first-order chi connectivity index (χ1) is 16.1. The summed E-state index contributed by atoms with van der Waals surface area (Å²) >= 11 is 0. The molecule has 0 heterocycles. The topological polar surface area (TPSA) is 63.6 Å². The van der Waals surface area contributed by atoms with Gasteiger partial charge in [-0.15, -0.1) is 0 Å². The van der Waals surface area contributed by atoms with Gasteiger partial charge in [0.1, 0.15) is 6.61 Å². The Hall–Kier alpha value is -1.58. The van der Waals surface area contributed by atoms with Gasteiger partial charge in [-0.25, -0.2) is 0 Å². The zero-order chi connectivity index (χ0) is 24.4. The summed E-state index contributed by atoms with van der Waals surface area (Å²) in [6.45, 7) is 5.92. The quantitative estimate of drug-likeness (QED) is 0.0832. The Balaban J connectivity index is 3.49. The Morgan fingerprint density at radius 2 is 1.21 bits per heavy atom. The van der Waals surface area contributed by atoms with Gasteiger partial charge in [0.05, 0.1) is 12.3 Å². The molecule has 0 aliphatic rings. The highest BCUT2D eigenvalue weighted by Crippen LogP contribution is 2.17. The molecule has 0 aromatic heterocycles. The molecule has 0 aliphatic carbocycles. The number of hydrogen-bond acceptors (Lipinski definition) is 3. The summed E-state index contributed by atoms with van der Waals surface area (Å²) < 4.78 is 5.01. The minimum Gasteiger partial charge on any atom is -0.481 e. The second kappa shape index (κ2) is 25.1. The van der Waals surface area contributed by atoms with Gasteiger partial charge in [0, 0.05) is 0 Å². The number of carboxylic acids is 1. The van der Waals surface area contributed by atoms with E-state index in [2.05, 4.69) is 25.7 Å². The fourth-order valence-electron chi connectivity index (χ4n) is 4.12. The highest BCUT2D eigenvalue weighted by Gasteiger charge is 2.22. The first-order valence-corrected chi connectivity index (χ1v) is 13.8. The summed E-state index contributed by atoms with van der Waals surface area (Å²) in [5, 5.41) is 8.98. The molecule has 1 atom stereocenters. The van der Waals surface area contributed by atoms with Gasteiger partial charge in [-0.2, -0.15) is 0 Å². The Bertz CT molecular complexity index is 498. The van der Waals surface area contributed by atoms with Crippen molar-refractivity contribution in [2.75, 3.05) is 6.61 Å². The molecule has 0 aliphatic heterocycles. The van der Waals surface area contributed by atoms with Crippen LogP contribution in [0.15, 0.2) is 24.8 Å². The Morgan fingerprint density at radius 1 is 0.758 bits per heavy atom. The normalized spacial score (nSPS) is 12.2. The van der Waals surface area contributed by atoms with E-state index in [0.29, 0.717) is 6.42 Å². The standard InChI is InChI=1S/C29H52O4/c1-3-5-6-7-8-9-10-11-12-13-14-15-16-17-18-19-20-21-22-23-24-27(26-28(30)31)29(32)33-25-4-2/h4,19-20,27H,2-3,5-18,21-26H2,1H3,(H,30,31)/b20-19+. The van der Waals surface area contributed by atoms with E-state index in [-0.39, 0.29) is 13.0 Å². The van der Waals surface area contributed by atoms with Crippen molar-refractivity contribution in [2.45, 2.75) is 135 Å². The number of carbonyl (C=O) groups is 2. The molecule has 33 heavy (non-hydrogen) atoms. The van der Waals surface area contributed by atoms with E-state index in [4.69, 9.17) is 9.84 Å². The van der Waals surface area contributed by atoms with Crippen LogP contribution in [0.1, 0.15) is 135 Å². The molecule has 1 unspecified atom stereocenters. The van der Waals surface area contributed by atoms with Crippen molar-refractivity contribution >= 4 is 11.9 Å². The van der Waals surface area contributed by atoms with Crippen LogP contribution in [0.3, 0.4) is 0 Å². The number of ether oxygens (including phenoxy) is 1. The van der Waals surface area contributed by atoms with Crippen molar-refractivity contribution < 1.29 is 19.4 Å². The SMILES string of the molecule is C=CCOC(=O)C(CCCC/C=C/CCCCCCCCCCCCCCCC)CC(=O)O. The lowest BCUT2D eigenvalue weighted by molar-refractivity contribution is -0.152. The van der Waals surface area contributed by atoms with Crippen molar-refractivity contribution in [3.8, 4) is 0 Å². The first kappa shape index (κ1) is 31.4. The van der Waals surface area contributed by atoms with E-state index in [1.54, 1.807) is 0 Å². The molecule has 0 saturated carbocycles. The fourth-order valence-corrected chi connectivity index (χ4v) is 4.12. The van der Waals surface area contributed by atoms with E-state index in [9.17, 15) is 9.59 Å². The predicted octanol–water partition coefficient (Wildman–Crippen LogP) is 8.79. The smallest absolute Gasteiger partial charge is 0.309 e. The molecule has 0 rings (SSSR count). The monoisotopic (exact) mass is 464 g/mol.